The Morgan fingerprint density at radius 3 is 2.39 bits per heavy atom. The van der Waals surface area contributed by atoms with Gasteiger partial charge in [-0.15, -0.1) is 0 Å². The van der Waals surface area contributed by atoms with Crippen molar-refractivity contribution in [2.45, 2.75) is 57.5 Å². The van der Waals surface area contributed by atoms with Crippen LogP contribution in [0.5, 0.6) is 0 Å². The summed E-state index contributed by atoms with van der Waals surface area (Å²) in [6.45, 7) is -0.612. The lowest BCUT2D eigenvalue weighted by Crippen LogP contribution is -2.16. The van der Waals surface area contributed by atoms with Gasteiger partial charge in [-0.1, -0.05) is 59.5 Å². The second kappa shape index (κ2) is 14.7. The van der Waals surface area contributed by atoms with Crippen LogP contribution in [0.1, 0.15) is 51.4 Å². The van der Waals surface area contributed by atoms with Gasteiger partial charge in [0, 0.05) is 6.42 Å². The second-order valence-corrected chi connectivity index (χ2v) is 6.44. The molecule has 0 saturated heterocycles. The Bertz CT molecular complexity index is 548. The number of unbranched alkanes of at least 4 members (excludes halogenated alkanes) is 7. The van der Waals surface area contributed by atoms with Crippen LogP contribution in [0.3, 0.4) is 0 Å². The van der Waals surface area contributed by atoms with Crippen molar-refractivity contribution in [1.82, 2.24) is 0 Å². The minimum atomic E-state index is -4.55. The first kappa shape index (κ1) is 22.2. The van der Waals surface area contributed by atoms with E-state index in [9.17, 15) is 13.5 Å². The molecule has 0 spiro atoms. The average molecular weight is 407 g/mol. The van der Waals surface area contributed by atoms with Crippen molar-refractivity contribution in [3.63, 3.8) is 0 Å². The van der Waals surface area contributed by atoms with E-state index >= 15 is 0 Å². The van der Waals surface area contributed by atoms with Crippen LogP contribution in [0.15, 0.2) is 11.1 Å². The topological polar surface area (TPSA) is 83.8 Å². The van der Waals surface area contributed by atoms with Crippen LogP contribution in [-0.2, 0) is 14.6 Å². The molecule has 0 aliphatic carbocycles. The Morgan fingerprint density at radius 2 is 1.74 bits per heavy atom. The maximum Gasteiger partial charge on any atom is 0.397 e. The van der Waals surface area contributed by atoms with Gasteiger partial charge in [-0.25, -0.2) is 4.18 Å². The van der Waals surface area contributed by atoms with Crippen LogP contribution >= 0.6 is 15.9 Å². The molecule has 0 aromatic rings. The smallest absolute Gasteiger partial charge is 0.378 e. The van der Waals surface area contributed by atoms with E-state index in [1.807, 2.05) is 4.99 Å². The fraction of sp³-hybridized carbons (Fsp3) is 0.625. The molecule has 1 unspecified atom stereocenters. The lowest BCUT2D eigenvalue weighted by atomic mass is 10.1. The second-order valence-electron chi connectivity index (χ2n) is 4.82. The lowest BCUT2D eigenvalue weighted by Gasteiger charge is -2.00. The summed E-state index contributed by atoms with van der Waals surface area (Å²) in [6, 6.07) is 0. The van der Waals surface area contributed by atoms with E-state index in [0.717, 1.165) is 25.7 Å². The van der Waals surface area contributed by atoms with Crippen LogP contribution in [0.2, 0.25) is 0 Å². The molecule has 130 valence electrons. The summed E-state index contributed by atoms with van der Waals surface area (Å²) in [6.07, 6.45) is 9.76. The molecule has 0 aromatic heterocycles. The van der Waals surface area contributed by atoms with E-state index < -0.39 is 23.1 Å². The number of rotatable bonds is 11. The monoisotopic (exact) mass is 406 g/mol. The van der Waals surface area contributed by atoms with Gasteiger partial charge in [-0.05, 0) is 36.1 Å². The molecule has 0 aromatic carbocycles. The molecule has 0 fully saturated rings. The van der Waals surface area contributed by atoms with Crippen molar-refractivity contribution < 1.29 is 22.3 Å². The molecule has 0 aliphatic heterocycles. The predicted molar refractivity (Wildman–Crippen MR) is 94.1 cm³/mol. The number of aliphatic hydroxyl groups excluding tert-OH is 1. The highest BCUT2D eigenvalue weighted by atomic mass is 79.9. The fourth-order valence-electron chi connectivity index (χ4n) is 1.66. The van der Waals surface area contributed by atoms with Gasteiger partial charge >= 0.3 is 10.4 Å². The summed E-state index contributed by atoms with van der Waals surface area (Å²) in [5.41, 5.74) is 0. The Morgan fingerprint density at radius 1 is 1.09 bits per heavy atom. The Hall–Kier alpha value is -0.830. The molecule has 0 radical (unpaired) electrons. The van der Waals surface area contributed by atoms with Gasteiger partial charge in [-0.2, -0.15) is 8.42 Å². The molecule has 0 saturated carbocycles. The number of hydrogen-bond donors (Lipinski definition) is 2. The van der Waals surface area contributed by atoms with Crippen molar-refractivity contribution in [2.24, 2.45) is 0 Å². The van der Waals surface area contributed by atoms with E-state index in [1.54, 1.807) is 0 Å². The van der Waals surface area contributed by atoms with Gasteiger partial charge in [0.1, 0.15) is 12.7 Å². The molecular formula is C16H23BrO5S. The van der Waals surface area contributed by atoms with Crippen LogP contribution in [0.25, 0.3) is 0 Å². The van der Waals surface area contributed by atoms with Crippen molar-refractivity contribution in [2.75, 3.05) is 6.61 Å². The Balaban J connectivity index is 3.57. The first-order valence-electron chi connectivity index (χ1n) is 7.49. The van der Waals surface area contributed by atoms with E-state index in [4.69, 9.17) is 4.55 Å². The lowest BCUT2D eigenvalue weighted by molar-refractivity contribution is 0.144. The molecule has 0 aliphatic rings. The van der Waals surface area contributed by atoms with Crippen molar-refractivity contribution >= 4 is 26.3 Å². The molecule has 1 atom stereocenters. The third kappa shape index (κ3) is 19.1. The van der Waals surface area contributed by atoms with Crippen molar-refractivity contribution in [3.8, 4) is 23.7 Å². The minimum Gasteiger partial charge on any atom is -0.378 e. The molecule has 0 amide bonds. The average Bonchev–Trinajstić information content (AvgIpc) is 2.49. The zero-order valence-corrected chi connectivity index (χ0v) is 15.4. The van der Waals surface area contributed by atoms with E-state index in [2.05, 4.69) is 49.9 Å². The minimum absolute atomic E-state index is 0.612. The van der Waals surface area contributed by atoms with Crippen molar-refractivity contribution in [3.05, 3.63) is 11.1 Å². The van der Waals surface area contributed by atoms with E-state index in [1.165, 1.54) is 25.7 Å². The molecular weight excluding hydrogens is 384 g/mol. The summed E-state index contributed by atoms with van der Waals surface area (Å²) < 4.78 is 32.8. The third-order valence-electron chi connectivity index (χ3n) is 2.78. The highest BCUT2D eigenvalue weighted by molar-refractivity contribution is 9.11. The largest absolute Gasteiger partial charge is 0.397 e. The van der Waals surface area contributed by atoms with Gasteiger partial charge in [0.05, 0.1) is 0 Å². The molecule has 2 N–H and O–H groups in total. The maximum absolute atomic E-state index is 10.3. The van der Waals surface area contributed by atoms with Gasteiger partial charge in [0.2, 0.25) is 0 Å². The highest BCUT2D eigenvalue weighted by Crippen LogP contribution is 2.08. The van der Waals surface area contributed by atoms with Gasteiger partial charge < -0.3 is 5.11 Å². The molecule has 7 heteroatoms. The summed E-state index contributed by atoms with van der Waals surface area (Å²) >= 11 is 3.24. The standard InChI is InChI=1S/C16H23BrO5S/c17-14-12-10-8-6-4-2-1-3-5-7-9-11-13-16(18)15-22-23(19,20)21/h12,14,16,18H,1-6,8,10,15H2,(H,19,20,21)/b14-12+. The highest BCUT2D eigenvalue weighted by Gasteiger charge is 2.07. The zero-order chi connectivity index (χ0) is 17.4. The van der Waals surface area contributed by atoms with Crippen LogP contribution in [-0.4, -0.2) is 30.8 Å². The maximum atomic E-state index is 10.3. The molecule has 0 heterocycles. The third-order valence-corrected chi connectivity index (χ3v) is 3.58. The summed E-state index contributed by atoms with van der Waals surface area (Å²) in [4.78, 5) is 1.90. The first-order chi connectivity index (χ1) is 11.0. The molecule has 23 heavy (non-hydrogen) atoms. The van der Waals surface area contributed by atoms with Gasteiger partial charge in [0.15, 0.2) is 0 Å². The van der Waals surface area contributed by atoms with Crippen LogP contribution in [0.4, 0.5) is 0 Å². The number of aliphatic hydroxyl groups is 1. The Labute approximate surface area is 147 Å². The zero-order valence-electron chi connectivity index (χ0n) is 13.0. The van der Waals surface area contributed by atoms with Crippen LogP contribution < -0.4 is 0 Å². The van der Waals surface area contributed by atoms with Crippen LogP contribution in [0, 0.1) is 23.7 Å². The summed E-state index contributed by atoms with van der Waals surface area (Å²) in [7, 11) is -4.55. The molecule has 0 bridgehead atoms. The number of hydrogen-bond acceptors (Lipinski definition) is 4. The van der Waals surface area contributed by atoms with E-state index in [0.29, 0.717) is 0 Å². The van der Waals surface area contributed by atoms with E-state index in [-0.39, 0.29) is 0 Å². The van der Waals surface area contributed by atoms with Gasteiger partial charge in [-0.3, -0.25) is 4.55 Å². The number of halogens is 1. The first-order valence-corrected chi connectivity index (χ1v) is 9.77. The summed E-state index contributed by atoms with van der Waals surface area (Å²) in [5.74, 6) is 10.2. The molecule has 5 nitrogen and oxygen atoms in total. The Kier molecular flexibility index (Phi) is 14.2. The predicted octanol–water partition coefficient (Wildman–Crippen LogP) is 3.20. The summed E-state index contributed by atoms with van der Waals surface area (Å²) in [5, 5.41) is 9.24. The fourth-order valence-corrected chi connectivity index (χ4v) is 2.23. The SMILES string of the molecule is O=S(=O)(O)OCC(O)C#CC#CCCCCCCCC/C=C/Br. The molecule has 0 rings (SSSR count). The van der Waals surface area contributed by atoms with Crippen molar-refractivity contribution in [1.29, 1.82) is 0 Å². The number of allylic oxidation sites excluding steroid dienone is 1. The normalized spacial score (nSPS) is 12.3. The van der Waals surface area contributed by atoms with Gasteiger partial charge in [0.25, 0.3) is 0 Å². The quantitative estimate of drug-likeness (QED) is 0.312.